The molecule has 0 atom stereocenters. The molecule has 0 heterocycles. The van der Waals surface area contributed by atoms with Gasteiger partial charge in [-0.05, 0) is 28.7 Å². The molecule has 0 aliphatic carbocycles. The zero-order chi connectivity index (χ0) is 11.6. The lowest BCUT2D eigenvalue weighted by atomic mass is 10.2. The summed E-state index contributed by atoms with van der Waals surface area (Å²) in [5, 5.41) is 10.5. The molecule has 0 fully saturated rings. The van der Waals surface area contributed by atoms with Gasteiger partial charge in [-0.3, -0.25) is 14.9 Å². The van der Waals surface area contributed by atoms with Gasteiger partial charge in [0.25, 0.3) is 11.6 Å². The van der Waals surface area contributed by atoms with Gasteiger partial charge in [0.05, 0.1) is 10.5 Å². The molecule has 0 aliphatic rings. The minimum atomic E-state index is -0.511. The molecule has 0 unspecified atom stereocenters. The smallest absolute Gasteiger partial charge is 0.270 e. The molecule has 5 nitrogen and oxygen atoms in total. The number of hydrogen-bond acceptors (Lipinski definition) is 3. The quantitative estimate of drug-likeness (QED) is 0.475. The molecule has 15 heavy (non-hydrogen) atoms. The summed E-state index contributed by atoms with van der Waals surface area (Å²) in [6.07, 6.45) is 0. The minimum absolute atomic E-state index is 0.0689. The summed E-state index contributed by atoms with van der Waals surface area (Å²) in [4.78, 5) is 23.1. The van der Waals surface area contributed by atoms with Crippen LogP contribution in [-0.4, -0.2) is 29.8 Å². The summed E-state index contributed by atoms with van der Waals surface area (Å²) in [7, 11) is 3.22. The van der Waals surface area contributed by atoms with E-state index in [0.717, 1.165) is 0 Å². The molecular formula is C9H9IN2O3. The summed E-state index contributed by atoms with van der Waals surface area (Å²) in [5.41, 5.74) is 0.287. The van der Waals surface area contributed by atoms with Gasteiger partial charge in [0.1, 0.15) is 0 Å². The first kappa shape index (κ1) is 11.9. The maximum atomic E-state index is 11.6. The van der Waals surface area contributed by atoms with Gasteiger partial charge < -0.3 is 4.90 Å². The van der Waals surface area contributed by atoms with Crippen LogP contribution in [0.25, 0.3) is 0 Å². The van der Waals surface area contributed by atoms with Crippen LogP contribution in [0.4, 0.5) is 5.69 Å². The van der Waals surface area contributed by atoms with Crippen LogP contribution in [0.3, 0.4) is 0 Å². The third-order valence-corrected chi connectivity index (χ3v) is 2.74. The Hall–Kier alpha value is -1.18. The number of carbonyl (C=O) groups excluding carboxylic acids is 1. The molecule has 0 saturated carbocycles. The number of nitro benzene ring substituents is 1. The first-order valence-electron chi connectivity index (χ1n) is 4.09. The number of nitro groups is 1. The minimum Gasteiger partial charge on any atom is -0.345 e. The zero-order valence-electron chi connectivity index (χ0n) is 8.23. The van der Waals surface area contributed by atoms with Gasteiger partial charge in [0.2, 0.25) is 0 Å². The highest BCUT2D eigenvalue weighted by atomic mass is 127. The zero-order valence-corrected chi connectivity index (χ0v) is 10.4. The van der Waals surface area contributed by atoms with Crippen molar-refractivity contribution in [2.75, 3.05) is 14.1 Å². The van der Waals surface area contributed by atoms with Crippen molar-refractivity contribution in [3.63, 3.8) is 0 Å². The molecule has 0 spiro atoms. The second-order valence-corrected chi connectivity index (χ2v) is 4.28. The molecule has 1 aromatic carbocycles. The van der Waals surface area contributed by atoms with Crippen LogP contribution in [-0.2, 0) is 0 Å². The number of carbonyl (C=O) groups is 1. The second-order valence-electron chi connectivity index (χ2n) is 3.12. The van der Waals surface area contributed by atoms with E-state index >= 15 is 0 Å². The predicted octanol–water partition coefficient (Wildman–Crippen LogP) is 1.90. The Kier molecular flexibility index (Phi) is 3.61. The van der Waals surface area contributed by atoms with Crippen LogP contribution in [0.5, 0.6) is 0 Å². The van der Waals surface area contributed by atoms with Crippen molar-refractivity contribution in [1.82, 2.24) is 4.90 Å². The first-order chi connectivity index (χ1) is 6.93. The normalized spacial score (nSPS) is 9.80. The highest BCUT2D eigenvalue weighted by Crippen LogP contribution is 2.20. The highest BCUT2D eigenvalue weighted by molar-refractivity contribution is 14.1. The third-order valence-electron chi connectivity index (χ3n) is 1.80. The van der Waals surface area contributed by atoms with Gasteiger partial charge in [-0.2, -0.15) is 0 Å². The third kappa shape index (κ3) is 2.65. The lowest BCUT2D eigenvalue weighted by Crippen LogP contribution is -2.22. The lowest BCUT2D eigenvalue weighted by Gasteiger charge is -2.11. The van der Waals surface area contributed by atoms with Gasteiger partial charge >= 0.3 is 0 Å². The predicted molar refractivity (Wildman–Crippen MR) is 63.8 cm³/mol. The molecule has 1 rings (SSSR count). The Labute approximate surface area is 100 Å². The summed E-state index contributed by atoms with van der Waals surface area (Å²) in [6.45, 7) is 0. The fourth-order valence-electron chi connectivity index (χ4n) is 1.03. The molecule has 0 aliphatic heterocycles. The second kappa shape index (κ2) is 4.56. The topological polar surface area (TPSA) is 63.5 Å². The van der Waals surface area contributed by atoms with Crippen LogP contribution < -0.4 is 0 Å². The van der Waals surface area contributed by atoms with Gasteiger partial charge in [-0.1, -0.05) is 0 Å². The average molecular weight is 320 g/mol. The van der Waals surface area contributed by atoms with Crippen molar-refractivity contribution >= 4 is 34.2 Å². The molecule has 1 amide bonds. The van der Waals surface area contributed by atoms with E-state index in [2.05, 4.69) is 0 Å². The van der Waals surface area contributed by atoms with Crippen LogP contribution in [0.2, 0.25) is 0 Å². The SMILES string of the molecule is CN(C)C(=O)c1cc([N+](=O)[O-])ccc1I. The summed E-state index contributed by atoms with van der Waals surface area (Å²) < 4.78 is 0.705. The van der Waals surface area contributed by atoms with E-state index in [1.165, 1.54) is 17.0 Å². The number of hydrogen-bond donors (Lipinski definition) is 0. The van der Waals surface area contributed by atoms with Crippen molar-refractivity contribution in [2.45, 2.75) is 0 Å². The highest BCUT2D eigenvalue weighted by Gasteiger charge is 2.16. The standard InChI is InChI=1S/C9H9IN2O3/c1-11(2)9(13)7-5-6(12(14)15)3-4-8(7)10/h3-5H,1-2H3. The Morgan fingerprint density at radius 2 is 2.07 bits per heavy atom. The molecule has 6 heteroatoms. The van der Waals surface area contributed by atoms with E-state index in [1.54, 1.807) is 20.2 Å². The maximum absolute atomic E-state index is 11.6. The average Bonchev–Trinajstić information content (AvgIpc) is 2.16. The maximum Gasteiger partial charge on any atom is 0.270 e. The Bertz CT molecular complexity index is 418. The molecule has 0 bridgehead atoms. The monoisotopic (exact) mass is 320 g/mol. The summed E-state index contributed by atoms with van der Waals surface area (Å²) in [6, 6.07) is 4.24. The van der Waals surface area contributed by atoms with Crippen LogP contribution in [0.1, 0.15) is 10.4 Å². The summed E-state index contributed by atoms with van der Waals surface area (Å²) >= 11 is 1.98. The summed E-state index contributed by atoms with van der Waals surface area (Å²) in [5.74, 6) is -0.233. The Morgan fingerprint density at radius 1 is 1.47 bits per heavy atom. The molecule has 0 radical (unpaired) electrons. The first-order valence-corrected chi connectivity index (χ1v) is 5.17. The lowest BCUT2D eigenvalue weighted by molar-refractivity contribution is -0.384. The molecule has 1 aromatic rings. The Morgan fingerprint density at radius 3 is 2.53 bits per heavy atom. The van der Waals surface area contributed by atoms with E-state index in [1.807, 2.05) is 22.6 Å². The van der Waals surface area contributed by atoms with Gasteiger partial charge in [-0.15, -0.1) is 0 Å². The van der Waals surface area contributed by atoms with Crippen LogP contribution in [0, 0.1) is 13.7 Å². The fourth-order valence-corrected chi connectivity index (χ4v) is 1.60. The van der Waals surface area contributed by atoms with Crippen molar-refractivity contribution in [2.24, 2.45) is 0 Å². The number of amides is 1. The van der Waals surface area contributed by atoms with Crippen molar-refractivity contribution in [3.05, 3.63) is 37.4 Å². The molecule has 0 aromatic heterocycles. The molecular weight excluding hydrogens is 311 g/mol. The number of non-ortho nitro benzene ring substituents is 1. The largest absolute Gasteiger partial charge is 0.345 e. The molecule has 0 N–H and O–H groups in total. The van der Waals surface area contributed by atoms with E-state index < -0.39 is 4.92 Å². The fraction of sp³-hybridized carbons (Fsp3) is 0.222. The molecule has 80 valence electrons. The van der Waals surface area contributed by atoms with E-state index in [0.29, 0.717) is 9.13 Å². The van der Waals surface area contributed by atoms with Crippen LogP contribution >= 0.6 is 22.6 Å². The van der Waals surface area contributed by atoms with E-state index in [4.69, 9.17) is 0 Å². The number of nitrogens with zero attached hydrogens (tertiary/aromatic N) is 2. The number of halogens is 1. The van der Waals surface area contributed by atoms with Crippen molar-refractivity contribution in [1.29, 1.82) is 0 Å². The van der Waals surface area contributed by atoms with E-state index in [9.17, 15) is 14.9 Å². The van der Waals surface area contributed by atoms with Gasteiger partial charge in [0, 0.05) is 29.8 Å². The van der Waals surface area contributed by atoms with Crippen LogP contribution in [0.15, 0.2) is 18.2 Å². The van der Waals surface area contributed by atoms with E-state index in [-0.39, 0.29) is 11.6 Å². The van der Waals surface area contributed by atoms with Crippen molar-refractivity contribution < 1.29 is 9.72 Å². The Balaban J connectivity index is 3.22. The van der Waals surface area contributed by atoms with Gasteiger partial charge in [0.15, 0.2) is 0 Å². The number of benzene rings is 1. The molecule has 0 saturated heterocycles. The van der Waals surface area contributed by atoms with Crippen molar-refractivity contribution in [3.8, 4) is 0 Å². The number of rotatable bonds is 2. The van der Waals surface area contributed by atoms with Gasteiger partial charge in [-0.25, -0.2) is 0 Å².